The zero-order chi connectivity index (χ0) is 13.8. The Labute approximate surface area is 116 Å². The molecule has 2 rings (SSSR count). The minimum absolute atomic E-state index is 0.262. The molecule has 1 aromatic carbocycles. The van der Waals surface area contributed by atoms with Gasteiger partial charge in [0.05, 0.1) is 5.52 Å². The number of nitrogens with zero attached hydrogens (tertiary/aromatic N) is 1. The average molecular weight is 276 g/mol. The van der Waals surface area contributed by atoms with Crippen LogP contribution in [0.25, 0.3) is 10.9 Å². The molecule has 0 aliphatic carbocycles. The third kappa shape index (κ3) is 4.11. The van der Waals surface area contributed by atoms with Crippen molar-refractivity contribution in [2.24, 2.45) is 0 Å². The number of aromatic nitrogens is 1. The minimum atomic E-state index is -0.751. The first-order valence-electron chi connectivity index (χ1n) is 6.44. The molecule has 3 nitrogen and oxygen atoms in total. The van der Waals surface area contributed by atoms with Gasteiger partial charge in [0.15, 0.2) is 0 Å². The molecule has 0 aliphatic rings. The first kappa shape index (κ1) is 14.2. The zero-order valence-electron chi connectivity index (χ0n) is 11.6. The molecular weight excluding hydrogens is 256 g/mol. The van der Waals surface area contributed by atoms with Crippen LogP contribution in [-0.4, -0.2) is 27.2 Å². The smallest absolute Gasteiger partial charge is 0.0705 e. The molecule has 2 unspecified atom stereocenters. The van der Waals surface area contributed by atoms with Crippen LogP contribution in [-0.2, 0) is 17.3 Å². The predicted octanol–water partition coefficient (Wildman–Crippen LogP) is 2.40. The largest absolute Gasteiger partial charge is 0.309 e. The van der Waals surface area contributed by atoms with Crippen molar-refractivity contribution in [3.63, 3.8) is 0 Å². The number of hydrogen-bond donors (Lipinski definition) is 1. The van der Waals surface area contributed by atoms with Gasteiger partial charge in [-0.25, -0.2) is 0 Å². The molecule has 1 aromatic heterocycles. The number of benzene rings is 1. The van der Waals surface area contributed by atoms with Crippen LogP contribution in [0.2, 0.25) is 0 Å². The van der Waals surface area contributed by atoms with E-state index in [4.69, 9.17) is 0 Å². The number of aryl methyl sites for hydroxylation is 1. The summed E-state index contributed by atoms with van der Waals surface area (Å²) < 4.78 is 11.1. The normalized spacial score (nSPS) is 14.5. The quantitative estimate of drug-likeness (QED) is 0.912. The summed E-state index contributed by atoms with van der Waals surface area (Å²) in [7, 11) is -0.751. The molecule has 19 heavy (non-hydrogen) atoms. The summed E-state index contributed by atoms with van der Waals surface area (Å²) in [6.45, 7) is 4.86. The van der Waals surface area contributed by atoms with Crippen molar-refractivity contribution >= 4 is 21.7 Å². The van der Waals surface area contributed by atoms with E-state index in [0.29, 0.717) is 5.75 Å². The monoisotopic (exact) mass is 276 g/mol. The highest BCUT2D eigenvalue weighted by Gasteiger charge is 2.04. The van der Waals surface area contributed by atoms with Crippen molar-refractivity contribution in [1.82, 2.24) is 10.3 Å². The SMILES string of the molecule is Cc1ccc2cc(CNC(C)CS(C)=O)ccc2n1. The summed E-state index contributed by atoms with van der Waals surface area (Å²) in [4.78, 5) is 4.49. The van der Waals surface area contributed by atoms with Gasteiger partial charge in [0.1, 0.15) is 0 Å². The molecule has 0 aliphatic heterocycles. The van der Waals surface area contributed by atoms with Crippen LogP contribution in [0.3, 0.4) is 0 Å². The predicted molar refractivity (Wildman–Crippen MR) is 81.7 cm³/mol. The van der Waals surface area contributed by atoms with Crippen molar-refractivity contribution in [2.45, 2.75) is 26.4 Å². The second kappa shape index (κ2) is 6.26. The van der Waals surface area contributed by atoms with E-state index in [9.17, 15) is 4.21 Å². The molecule has 2 aromatic rings. The highest BCUT2D eigenvalue weighted by molar-refractivity contribution is 7.84. The molecule has 0 saturated heterocycles. The number of hydrogen-bond acceptors (Lipinski definition) is 3. The van der Waals surface area contributed by atoms with Crippen molar-refractivity contribution in [3.8, 4) is 0 Å². The Morgan fingerprint density at radius 3 is 2.84 bits per heavy atom. The molecule has 0 fully saturated rings. The van der Waals surface area contributed by atoms with E-state index >= 15 is 0 Å². The maximum absolute atomic E-state index is 11.1. The third-order valence-electron chi connectivity index (χ3n) is 3.03. The Morgan fingerprint density at radius 1 is 1.32 bits per heavy atom. The molecule has 102 valence electrons. The van der Waals surface area contributed by atoms with Gasteiger partial charge in [0.2, 0.25) is 0 Å². The number of rotatable bonds is 5. The Kier molecular flexibility index (Phi) is 4.66. The first-order chi connectivity index (χ1) is 9.04. The van der Waals surface area contributed by atoms with Crippen LogP contribution in [0.5, 0.6) is 0 Å². The number of nitrogens with one attached hydrogen (secondary N) is 1. The molecule has 4 heteroatoms. The average Bonchev–Trinajstić information content (AvgIpc) is 2.35. The van der Waals surface area contributed by atoms with E-state index < -0.39 is 10.8 Å². The van der Waals surface area contributed by atoms with E-state index in [1.807, 2.05) is 13.0 Å². The maximum Gasteiger partial charge on any atom is 0.0705 e. The van der Waals surface area contributed by atoms with E-state index in [1.54, 1.807) is 6.26 Å². The first-order valence-corrected chi connectivity index (χ1v) is 8.17. The fraction of sp³-hybridized carbons (Fsp3) is 0.400. The van der Waals surface area contributed by atoms with Crippen LogP contribution in [0.15, 0.2) is 30.3 Å². The lowest BCUT2D eigenvalue weighted by molar-refractivity contribution is 0.587. The molecule has 1 heterocycles. The molecule has 0 bridgehead atoms. The van der Waals surface area contributed by atoms with Crippen molar-refractivity contribution in [3.05, 3.63) is 41.6 Å². The summed E-state index contributed by atoms with van der Waals surface area (Å²) in [6, 6.07) is 10.7. The number of pyridine rings is 1. The van der Waals surface area contributed by atoms with Gasteiger partial charge < -0.3 is 5.32 Å². The minimum Gasteiger partial charge on any atom is -0.309 e. The second-order valence-corrected chi connectivity index (χ2v) is 6.48. The van der Waals surface area contributed by atoms with Gasteiger partial charge >= 0.3 is 0 Å². The van der Waals surface area contributed by atoms with E-state index in [0.717, 1.165) is 23.1 Å². The molecule has 1 N–H and O–H groups in total. The Bertz CT molecular complexity index is 598. The Hall–Kier alpha value is -1.26. The maximum atomic E-state index is 11.1. The van der Waals surface area contributed by atoms with Crippen LogP contribution in [0.1, 0.15) is 18.2 Å². The second-order valence-electron chi connectivity index (χ2n) is 5.00. The summed E-state index contributed by atoms with van der Waals surface area (Å²) in [6.07, 6.45) is 1.74. The van der Waals surface area contributed by atoms with Gasteiger partial charge in [-0.3, -0.25) is 9.19 Å². The van der Waals surface area contributed by atoms with Crippen LogP contribution in [0, 0.1) is 6.92 Å². The molecular formula is C15H20N2OS. The van der Waals surface area contributed by atoms with E-state index in [2.05, 4.69) is 41.5 Å². The molecule has 0 saturated carbocycles. The summed E-state index contributed by atoms with van der Waals surface area (Å²) in [5.41, 5.74) is 3.30. The summed E-state index contributed by atoms with van der Waals surface area (Å²) in [5, 5.41) is 4.56. The lowest BCUT2D eigenvalue weighted by Crippen LogP contribution is -2.30. The van der Waals surface area contributed by atoms with Gasteiger partial charge in [0, 0.05) is 46.5 Å². The lowest BCUT2D eigenvalue weighted by Gasteiger charge is -2.12. The van der Waals surface area contributed by atoms with Crippen molar-refractivity contribution < 1.29 is 4.21 Å². The van der Waals surface area contributed by atoms with Gasteiger partial charge in [0.25, 0.3) is 0 Å². The highest BCUT2D eigenvalue weighted by atomic mass is 32.2. The van der Waals surface area contributed by atoms with Crippen LogP contribution in [0.4, 0.5) is 0 Å². The van der Waals surface area contributed by atoms with Gasteiger partial charge in [-0.1, -0.05) is 12.1 Å². The highest BCUT2D eigenvalue weighted by Crippen LogP contribution is 2.14. The zero-order valence-corrected chi connectivity index (χ0v) is 12.5. The van der Waals surface area contributed by atoms with Gasteiger partial charge in [-0.2, -0.15) is 0 Å². The molecule has 0 radical (unpaired) electrons. The van der Waals surface area contributed by atoms with Gasteiger partial charge in [-0.15, -0.1) is 0 Å². The fourth-order valence-corrected chi connectivity index (χ4v) is 2.91. The van der Waals surface area contributed by atoms with Gasteiger partial charge in [-0.05, 0) is 37.6 Å². The summed E-state index contributed by atoms with van der Waals surface area (Å²) >= 11 is 0. The van der Waals surface area contributed by atoms with E-state index in [-0.39, 0.29) is 6.04 Å². The summed E-state index contributed by atoms with van der Waals surface area (Å²) in [5.74, 6) is 0.689. The van der Waals surface area contributed by atoms with Crippen LogP contribution < -0.4 is 5.32 Å². The Morgan fingerprint density at radius 2 is 2.11 bits per heavy atom. The molecule has 0 spiro atoms. The third-order valence-corrected chi connectivity index (χ3v) is 4.00. The Balaban J connectivity index is 2.05. The van der Waals surface area contributed by atoms with Crippen molar-refractivity contribution in [2.75, 3.05) is 12.0 Å². The van der Waals surface area contributed by atoms with Crippen molar-refractivity contribution in [1.29, 1.82) is 0 Å². The topological polar surface area (TPSA) is 42.0 Å². The van der Waals surface area contributed by atoms with Crippen LogP contribution >= 0.6 is 0 Å². The standard InChI is InChI=1S/C15H20N2OS/c1-11-4-6-14-8-13(5-7-15(14)17-11)9-16-12(2)10-19(3)18/h4-8,12,16H,9-10H2,1-3H3. The fourth-order valence-electron chi connectivity index (χ4n) is 2.09. The van der Waals surface area contributed by atoms with E-state index in [1.165, 1.54) is 5.56 Å². The lowest BCUT2D eigenvalue weighted by atomic mass is 10.1. The molecule has 0 amide bonds. The molecule has 2 atom stereocenters. The number of fused-ring (bicyclic) bond motifs is 1.